The fourth-order valence-electron chi connectivity index (χ4n) is 2.92. The van der Waals surface area contributed by atoms with Crippen LogP contribution in [0.25, 0.3) is 0 Å². The molecule has 1 amide bonds. The van der Waals surface area contributed by atoms with Crippen LogP contribution in [-0.4, -0.2) is 99.0 Å². The molecule has 1 aromatic heterocycles. The van der Waals surface area contributed by atoms with Gasteiger partial charge in [-0.2, -0.15) is 4.31 Å². The summed E-state index contributed by atoms with van der Waals surface area (Å²) in [6.45, 7) is 0.322. The second kappa shape index (κ2) is 11.4. The van der Waals surface area contributed by atoms with Crippen molar-refractivity contribution >= 4 is 55.9 Å². The molecule has 2 atom stereocenters. The lowest BCUT2D eigenvalue weighted by Gasteiger charge is -2.36. The normalized spacial score (nSPS) is 20.0. The Kier molecular flexibility index (Phi) is 9.91. The summed E-state index contributed by atoms with van der Waals surface area (Å²) in [5.41, 5.74) is 0.249. The van der Waals surface area contributed by atoms with Crippen molar-refractivity contribution in [2.45, 2.75) is 27.5 Å². The second-order valence-corrected chi connectivity index (χ2v) is 16.1. The maximum absolute atomic E-state index is 12.8. The highest BCUT2D eigenvalue weighted by atomic mass is 127. The summed E-state index contributed by atoms with van der Waals surface area (Å²) in [6.07, 6.45) is -2.29. The lowest BCUT2D eigenvalue weighted by atomic mass is 10.1. The molecule has 33 heavy (non-hydrogen) atoms. The van der Waals surface area contributed by atoms with Crippen LogP contribution in [-0.2, 0) is 31.7 Å². The summed E-state index contributed by atoms with van der Waals surface area (Å²) < 4.78 is 44.1. The van der Waals surface area contributed by atoms with Gasteiger partial charge in [-0.1, -0.05) is 0 Å². The molecule has 0 saturated heterocycles. The summed E-state index contributed by atoms with van der Waals surface area (Å²) in [4.78, 5) is 22.8. The van der Waals surface area contributed by atoms with Crippen molar-refractivity contribution < 1.29 is 52.7 Å². The maximum Gasteiger partial charge on any atom is 0.410 e. The molecule has 1 unspecified atom stereocenters. The van der Waals surface area contributed by atoms with E-state index in [9.17, 15) is 17.4 Å². The predicted octanol–water partition coefficient (Wildman–Crippen LogP) is -0.126. The van der Waals surface area contributed by atoms with E-state index < -0.39 is 59.5 Å². The van der Waals surface area contributed by atoms with Gasteiger partial charge in [0.15, 0.2) is 0 Å². The van der Waals surface area contributed by atoms with Crippen molar-refractivity contribution in [1.82, 2.24) is 20.0 Å². The van der Waals surface area contributed by atoms with Crippen LogP contribution in [0.2, 0.25) is 0 Å². The standard InChI is InChI=1S/C13H24IN5O11S3/c1-3-17(13(20)28-6-8(30-19(23)24)7-29-18(21)22)10-5-16(2)33(26,27)12-9(10)4-11(31-12)32(14,15)25/h4,8,10,21-24,32H,3,5-7H2,1-2H3,(H2,15,25)/t8?,10-/m0/s1. The molecule has 16 nitrogen and oxygen atoms in total. The average molecular weight is 649 g/mol. The number of hydrogen-bond donors (Lipinski definition) is 6. The highest BCUT2D eigenvalue weighted by Crippen LogP contribution is 2.43. The first-order valence-electron chi connectivity index (χ1n) is 8.96. The highest BCUT2D eigenvalue weighted by molar-refractivity contribution is 14.2. The largest absolute Gasteiger partial charge is 0.446 e. The number of sulfonamides is 1. The first kappa shape index (κ1) is 28.6. The van der Waals surface area contributed by atoms with E-state index in [1.54, 1.807) is 28.1 Å². The van der Waals surface area contributed by atoms with Crippen LogP contribution in [0.4, 0.5) is 4.79 Å². The van der Waals surface area contributed by atoms with E-state index in [4.69, 9.17) is 30.7 Å². The van der Waals surface area contributed by atoms with Crippen LogP contribution < -0.4 is 5.14 Å². The van der Waals surface area contributed by atoms with Crippen LogP contribution in [0.1, 0.15) is 18.5 Å². The van der Waals surface area contributed by atoms with E-state index in [1.165, 1.54) is 18.0 Å². The number of ether oxygens (including phenoxy) is 1. The summed E-state index contributed by atoms with van der Waals surface area (Å²) >= 11 is 2.33. The quantitative estimate of drug-likeness (QED) is 0.0845. The molecule has 0 fully saturated rings. The molecule has 0 saturated carbocycles. The number of amides is 1. The topological polar surface area (TPSA) is 216 Å². The summed E-state index contributed by atoms with van der Waals surface area (Å²) in [5.74, 6) is 0. The number of likely N-dealkylation sites (N-methyl/N-ethyl adjacent to an activating group) is 2. The Hall–Kier alpha value is -0.600. The number of carbonyl (C=O) groups excluding carboxylic acids is 1. The lowest BCUT2D eigenvalue weighted by Crippen LogP contribution is -2.46. The molecule has 192 valence electrons. The molecule has 1 aromatic rings. The first-order valence-corrected chi connectivity index (χ1v) is 15.8. The molecule has 1 aliphatic rings. The fourth-order valence-corrected chi connectivity index (χ4v) is 8.37. The number of fused-ring (bicyclic) bond motifs is 1. The van der Waals surface area contributed by atoms with Gasteiger partial charge in [0.1, 0.15) is 23.5 Å². The average Bonchev–Trinajstić information content (AvgIpc) is 3.15. The molecular weight excluding hydrogens is 625 g/mol. The Bertz CT molecular complexity index is 985. The molecule has 1 aliphatic heterocycles. The predicted molar refractivity (Wildman–Crippen MR) is 118 cm³/mol. The zero-order valence-electron chi connectivity index (χ0n) is 17.2. The molecule has 0 spiro atoms. The molecule has 0 radical (unpaired) electrons. The summed E-state index contributed by atoms with van der Waals surface area (Å²) in [6, 6.07) is 0.608. The van der Waals surface area contributed by atoms with Crippen LogP contribution in [0, 0.1) is 0 Å². The molecular formula is C13H24IN5O11S3. The van der Waals surface area contributed by atoms with Crippen molar-refractivity contribution in [1.29, 1.82) is 0 Å². The number of carbonyl (C=O) groups is 1. The van der Waals surface area contributed by atoms with Gasteiger partial charge in [0.2, 0.25) is 0 Å². The summed E-state index contributed by atoms with van der Waals surface area (Å²) in [7, 11) is -5.83. The molecule has 6 N–H and O–H groups in total. The van der Waals surface area contributed by atoms with Crippen molar-refractivity contribution in [3.63, 3.8) is 0 Å². The van der Waals surface area contributed by atoms with E-state index >= 15 is 0 Å². The zero-order chi connectivity index (χ0) is 25.1. The van der Waals surface area contributed by atoms with Crippen LogP contribution in [0.5, 0.6) is 0 Å². The van der Waals surface area contributed by atoms with Gasteiger partial charge in [0, 0.05) is 54.2 Å². The number of nitrogens with zero attached hydrogens (tertiary/aromatic N) is 4. The molecule has 0 bridgehead atoms. The van der Waals surface area contributed by atoms with Crippen molar-refractivity contribution in [3.05, 3.63) is 11.6 Å². The molecule has 20 heteroatoms. The van der Waals surface area contributed by atoms with E-state index in [2.05, 4.69) is 9.68 Å². The van der Waals surface area contributed by atoms with Crippen molar-refractivity contribution in [3.8, 4) is 0 Å². The SMILES string of the molecule is CCN(C(=O)OCC(CON(O)O)ON(O)O)[C@H]1CN(C)S(=O)(=O)c2sc([SH](N)(=O)I)cc21. The third-order valence-corrected chi connectivity index (χ3v) is 12.1. The van der Waals surface area contributed by atoms with E-state index in [-0.39, 0.29) is 27.1 Å². The van der Waals surface area contributed by atoms with Gasteiger partial charge in [-0.05, 0) is 13.0 Å². The third kappa shape index (κ3) is 7.20. The number of halogens is 1. The minimum absolute atomic E-state index is 0.0818. The monoisotopic (exact) mass is 649 g/mol. The minimum atomic E-state index is -3.87. The third-order valence-electron chi connectivity index (χ3n) is 4.41. The number of rotatable bonds is 10. The Morgan fingerprint density at radius 1 is 1.36 bits per heavy atom. The van der Waals surface area contributed by atoms with E-state index in [0.717, 1.165) is 15.6 Å². The van der Waals surface area contributed by atoms with Gasteiger partial charge >= 0.3 is 6.09 Å². The molecule has 0 aromatic carbocycles. The molecule has 2 heterocycles. The van der Waals surface area contributed by atoms with Crippen molar-refractivity contribution in [2.24, 2.45) is 5.14 Å². The van der Waals surface area contributed by atoms with Gasteiger partial charge in [-0.3, -0.25) is 30.2 Å². The zero-order valence-corrected chi connectivity index (χ0v) is 21.9. The van der Waals surface area contributed by atoms with Crippen molar-refractivity contribution in [2.75, 3.05) is 33.4 Å². The number of nitrogens with two attached hydrogens (primary N) is 1. The van der Waals surface area contributed by atoms with Gasteiger partial charge in [-0.15, -0.1) is 11.3 Å². The minimum Gasteiger partial charge on any atom is -0.446 e. The van der Waals surface area contributed by atoms with Crippen LogP contribution in [0.3, 0.4) is 0 Å². The lowest BCUT2D eigenvalue weighted by molar-refractivity contribution is -0.527. The second-order valence-electron chi connectivity index (χ2n) is 6.60. The van der Waals surface area contributed by atoms with E-state index in [0.29, 0.717) is 0 Å². The van der Waals surface area contributed by atoms with Crippen LogP contribution >= 0.6 is 32.5 Å². The number of hydrogen-bond acceptors (Lipinski definition) is 14. The van der Waals surface area contributed by atoms with Crippen LogP contribution in [0.15, 0.2) is 14.5 Å². The van der Waals surface area contributed by atoms with Gasteiger partial charge < -0.3 is 9.64 Å². The van der Waals surface area contributed by atoms with Gasteiger partial charge in [0.05, 0.1) is 21.0 Å². The molecule has 0 aliphatic carbocycles. The fraction of sp³-hybridized carbons (Fsp3) is 0.615. The Morgan fingerprint density at radius 2 is 2.00 bits per heavy atom. The number of thiol groups is 1. The molecule has 2 rings (SSSR count). The van der Waals surface area contributed by atoms with Gasteiger partial charge in [-0.25, -0.2) is 22.9 Å². The summed E-state index contributed by atoms with van der Waals surface area (Å²) in [5, 5.41) is 39.2. The Labute approximate surface area is 205 Å². The van der Waals surface area contributed by atoms with Gasteiger partial charge in [0.25, 0.3) is 10.0 Å². The Balaban J connectivity index is 2.27. The highest BCUT2D eigenvalue weighted by Gasteiger charge is 2.41. The maximum atomic E-state index is 12.8. The number of thiophene rings is 1. The first-order chi connectivity index (χ1) is 15.2. The van der Waals surface area contributed by atoms with E-state index in [1.807, 2.05) is 0 Å². The Morgan fingerprint density at radius 3 is 2.52 bits per heavy atom. The smallest absolute Gasteiger partial charge is 0.410 e.